The zero-order valence-electron chi connectivity index (χ0n) is 26.5. The van der Waals surface area contributed by atoms with Gasteiger partial charge in [-0.15, -0.1) is 10.2 Å². The van der Waals surface area contributed by atoms with Gasteiger partial charge in [0.1, 0.15) is 21.2 Å². The molecule has 0 saturated carbocycles. The molecule has 0 heterocycles. The molecule has 0 aliphatic carbocycles. The molecule has 0 aliphatic rings. The van der Waals surface area contributed by atoms with Gasteiger partial charge >= 0.3 is 10.4 Å². The summed E-state index contributed by atoms with van der Waals surface area (Å²) in [5.41, 5.74) is -2.26. The average molecular weight is 846 g/mol. The summed E-state index contributed by atoms with van der Waals surface area (Å²) in [6, 6.07) is 14.1. The zero-order valence-corrected chi connectivity index (χ0v) is 30.6. The van der Waals surface area contributed by atoms with E-state index in [9.17, 15) is 65.6 Å². The van der Waals surface area contributed by atoms with Crippen LogP contribution in [0.15, 0.2) is 109 Å². The molecule has 0 spiro atoms. The first kappa shape index (κ1) is 40.2. The van der Waals surface area contributed by atoms with E-state index in [2.05, 4.69) is 19.7 Å². The minimum Gasteiger partial charge on any atom is -0.505 e. The van der Waals surface area contributed by atoms with Crippen molar-refractivity contribution in [1.29, 1.82) is 0 Å². The monoisotopic (exact) mass is 845 g/mol. The van der Waals surface area contributed by atoms with Gasteiger partial charge in [-0.2, -0.15) is 33.7 Å². The van der Waals surface area contributed by atoms with Crippen molar-refractivity contribution in [2.75, 3.05) is 17.7 Å². The predicted molar refractivity (Wildman–Crippen MR) is 187 cm³/mol. The first-order valence-electron chi connectivity index (χ1n) is 14.3. The number of nitrogens with one attached hydrogen (secondary N) is 1. The van der Waals surface area contributed by atoms with Crippen LogP contribution in [-0.2, 0) is 54.8 Å². The maximum Gasteiger partial charge on any atom is 0.397 e. The van der Waals surface area contributed by atoms with Crippen LogP contribution >= 0.6 is 0 Å². The molecule has 5 rings (SSSR count). The zero-order chi connectivity index (χ0) is 40.0. The van der Waals surface area contributed by atoms with Crippen molar-refractivity contribution in [3.63, 3.8) is 0 Å². The second kappa shape index (κ2) is 14.4. The third-order valence-corrected chi connectivity index (χ3v) is 12.1. The van der Waals surface area contributed by atoms with Gasteiger partial charge in [0.2, 0.25) is 0 Å². The molecule has 54 heavy (non-hydrogen) atoms. The highest BCUT2D eigenvalue weighted by Crippen LogP contribution is 2.46. The van der Waals surface area contributed by atoms with Crippen molar-refractivity contribution in [1.82, 2.24) is 0 Å². The number of hydrogen-bond donors (Lipinski definition) is 6. The van der Waals surface area contributed by atoms with Gasteiger partial charge in [0.15, 0.2) is 15.6 Å². The largest absolute Gasteiger partial charge is 0.505 e. The van der Waals surface area contributed by atoms with E-state index in [-0.39, 0.29) is 16.3 Å². The summed E-state index contributed by atoms with van der Waals surface area (Å²) in [6.45, 7) is -0.968. The smallest absolute Gasteiger partial charge is 0.397 e. The van der Waals surface area contributed by atoms with Gasteiger partial charge in [-0.25, -0.2) is 12.6 Å². The number of benzene rings is 5. The molecule has 1 amide bonds. The lowest BCUT2D eigenvalue weighted by Crippen LogP contribution is -2.15. The van der Waals surface area contributed by atoms with Crippen LogP contribution in [-0.4, -0.2) is 83.7 Å². The third kappa shape index (κ3) is 8.87. The van der Waals surface area contributed by atoms with E-state index in [0.29, 0.717) is 12.1 Å². The Morgan fingerprint density at radius 3 is 1.93 bits per heavy atom. The van der Waals surface area contributed by atoms with E-state index >= 15 is 0 Å². The van der Waals surface area contributed by atoms with Crippen LogP contribution in [0.1, 0.15) is 10.4 Å². The lowest BCUT2D eigenvalue weighted by Gasteiger charge is -2.15. The van der Waals surface area contributed by atoms with Gasteiger partial charge in [-0.1, -0.05) is 30.3 Å². The van der Waals surface area contributed by atoms with Gasteiger partial charge in [-0.3, -0.25) is 23.0 Å². The summed E-state index contributed by atoms with van der Waals surface area (Å²) >= 11 is 0. The minimum absolute atomic E-state index is 0.0433. The second-order valence-corrected chi connectivity index (χ2v) is 18.3. The molecule has 20 nitrogen and oxygen atoms in total. The Bertz CT molecular complexity index is 2970. The average Bonchev–Trinajstić information content (AvgIpc) is 3.05. The van der Waals surface area contributed by atoms with Crippen molar-refractivity contribution >= 4 is 95.1 Å². The van der Waals surface area contributed by atoms with Crippen molar-refractivity contribution in [2.24, 2.45) is 10.2 Å². The second-order valence-electron chi connectivity index (χ2n) is 11.0. The van der Waals surface area contributed by atoms with Crippen molar-refractivity contribution in [3.8, 4) is 5.75 Å². The van der Waals surface area contributed by atoms with Gasteiger partial charge in [0, 0.05) is 16.3 Å². The van der Waals surface area contributed by atoms with Gasteiger partial charge in [0.25, 0.3) is 36.3 Å². The van der Waals surface area contributed by atoms with Crippen LogP contribution in [0.25, 0.3) is 21.5 Å². The molecule has 0 radical (unpaired) electrons. The number of fused-ring (bicyclic) bond motifs is 2. The van der Waals surface area contributed by atoms with E-state index in [1.807, 2.05) is 0 Å². The molecule has 6 N–H and O–H groups in total. The molecule has 0 aliphatic heterocycles. The Hall–Kier alpha value is -4.96. The first-order valence-corrected chi connectivity index (χ1v) is 21.7. The Labute approximate surface area is 305 Å². The number of nitrogens with zero attached hydrogens (tertiary/aromatic N) is 2. The van der Waals surface area contributed by atoms with Crippen LogP contribution in [0.3, 0.4) is 0 Å². The van der Waals surface area contributed by atoms with Crippen LogP contribution in [0, 0.1) is 0 Å². The van der Waals surface area contributed by atoms with E-state index in [1.54, 1.807) is 6.07 Å². The molecule has 25 heteroatoms. The summed E-state index contributed by atoms with van der Waals surface area (Å²) in [5, 5.41) is 19.6. The van der Waals surface area contributed by atoms with Crippen molar-refractivity contribution in [2.45, 2.75) is 19.6 Å². The summed E-state index contributed by atoms with van der Waals surface area (Å²) in [7, 11) is -24.9. The molecular weight excluding hydrogens is 823 g/mol. The lowest BCUT2D eigenvalue weighted by molar-refractivity contribution is 0.102. The normalized spacial score (nSPS) is 13.1. The van der Waals surface area contributed by atoms with E-state index in [1.165, 1.54) is 24.3 Å². The number of phenolic OH excluding ortho intramolecular Hbond substituents is 1. The number of phenols is 1. The van der Waals surface area contributed by atoms with Crippen molar-refractivity contribution in [3.05, 3.63) is 84.4 Å². The van der Waals surface area contributed by atoms with Crippen LogP contribution in [0.5, 0.6) is 5.75 Å². The highest BCUT2D eigenvalue weighted by molar-refractivity contribution is 7.91. The number of carbonyl (C=O) groups is 1. The maximum atomic E-state index is 13.0. The molecule has 5 aromatic rings. The highest BCUT2D eigenvalue weighted by Gasteiger charge is 2.27. The quantitative estimate of drug-likeness (QED) is 0.0770. The number of anilines is 1. The molecule has 0 saturated heterocycles. The fourth-order valence-corrected chi connectivity index (χ4v) is 8.62. The number of hydrogen-bond acceptors (Lipinski definition) is 15. The van der Waals surface area contributed by atoms with E-state index in [4.69, 9.17) is 4.55 Å². The third-order valence-electron chi connectivity index (χ3n) is 7.36. The fraction of sp³-hybridized carbons (Fsp3) is 0.0690. The first-order chi connectivity index (χ1) is 24.9. The molecule has 0 aromatic heterocycles. The molecule has 0 fully saturated rings. The Morgan fingerprint density at radius 2 is 1.33 bits per heavy atom. The number of aromatic hydroxyl groups is 1. The number of rotatable bonds is 12. The number of azo groups is 1. The minimum atomic E-state index is -5.38. The van der Waals surface area contributed by atoms with Crippen molar-refractivity contribution < 1.29 is 74.4 Å². The summed E-state index contributed by atoms with van der Waals surface area (Å²) < 4.78 is 164. The highest BCUT2D eigenvalue weighted by atomic mass is 32.3. The lowest BCUT2D eigenvalue weighted by atomic mass is 10.1. The Morgan fingerprint density at radius 1 is 0.685 bits per heavy atom. The number of amides is 1. The predicted octanol–water partition coefficient (Wildman–Crippen LogP) is 3.70. The van der Waals surface area contributed by atoms with E-state index < -0.39 is 122 Å². The van der Waals surface area contributed by atoms with Crippen LogP contribution in [0.2, 0.25) is 0 Å². The van der Waals surface area contributed by atoms with Gasteiger partial charge in [0.05, 0.1) is 27.8 Å². The summed E-state index contributed by atoms with van der Waals surface area (Å²) in [4.78, 5) is 9.47. The summed E-state index contributed by atoms with van der Waals surface area (Å²) in [5.74, 6) is -2.95. The van der Waals surface area contributed by atoms with Crippen LogP contribution < -0.4 is 5.32 Å². The van der Waals surface area contributed by atoms with Gasteiger partial charge < -0.3 is 10.4 Å². The molecule has 0 bridgehead atoms. The van der Waals surface area contributed by atoms with Crippen LogP contribution in [0.4, 0.5) is 17.1 Å². The Kier molecular flexibility index (Phi) is 10.7. The number of carbonyl (C=O) groups excluding carboxylic acids is 1. The molecule has 0 unspecified atom stereocenters. The Balaban J connectivity index is 1.69. The summed E-state index contributed by atoms with van der Waals surface area (Å²) in [6.07, 6.45) is 0. The molecular formula is C29H23N3O17S5. The molecule has 286 valence electrons. The maximum absolute atomic E-state index is 13.0. The fourth-order valence-electron chi connectivity index (χ4n) is 5.07. The topological polar surface area (TPSA) is 335 Å². The molecule has 5 aromatic carbocycles. The number of sulfone groups is 1. The SMILES string of the molecule is O=C(Nc1cc(S(=O)(=O)O)cc2cc(S(=O)(=O)O)c(/N=N/c3ccc4cc(S(=O)(=O)CCOS(=O)(=O)O)ccc4c3S(=O)(=O)O)c(O)c12)c1ccccc1. The standard InChI is InChI=1S/C29H23N3O17S5/c33-27-25-18(13-20(51(37,38)39)15-23(25)30-29(34)16-4-2-1-3-5-16)14-24(52(40,41)42)26(27)32-31-22-9-6-17-12-19(7-8-21(17)28(22)53(43,44)45)50(35,36)11-10-49-54(46,47)48/h1-9,12-15,33H,10-11H2,(H,30,34)(H,37,38,39)(H,40,41,42)(H,43,44,45)(H,46,47,48)/b32-31+. The van der Waals surface area contributed by atoms with Gasteiger partial charge in [-0.05, 0) is 59.3 Å². The molecule has 0 atom stereocenters. The van der Waals surface area contributed by atoms with E-state index in [0.717, 1.165) is 36.4 Å².